The highest BCUT2D eigenvalue weighted by atomic mass is 79.9. The largest absolute Gasteiger partial charge is 0.508 e. The van der Waals surface area contributed by atoms with Crippen LogP contribution in [0, 0.1) is 5.92 Å². The Labute approximate surface area is 102 Å². The van der Waals surface area contributed by atoms with Crippen molar-refractivity contribution in [3.63, 3.8) is 0 Å². The molecule has 0 aliphatic heterocycles. The number of hydrogen-bond acceptors (Lipinski definition) is 1. The van der Waals surface area contributed by atoms with Gasteiger partial charge in [-0.15, -0.1) is 0 Å². The molecule has 0 aliphatic carbocycles. The third-order valence-electron chi connectivity index (χ3n) is 2.01. The maximum atomic E-state index is 9.67. The van der Waals surface area contributed by atoms with Gasteiger partial charge >= 0.3 is 0 Å². The summed E-state index contributed by atoms with van der Waals surface area (Å²) in [5, 5.41) is 9.67. The second-order valence-electron chi connectivity index (χ2n) is 3.80. The molecule has 0 saturated heterocycles. The molecule has 1 aromatic rings. The molecule has 78 valence electrons. The minimum absolute atomic E-state index is 0.222. The van der Waals surface area contributed by atoms with Crippen LogP contribution >= 0.6 is 31.9 Å². The highest BCUT2D eigenvalue weighted by Crippen LogP contribution is 2.36. The molecule has 0 heterocycles. The smallest absolute Gasteiger partial charge is 0.119 e. The predicted octanol–water partition coefficient (Wildman–Crippen LogP) is 4.64. The van der Waals surface area contributed by atoms with Gasteiger partial charge in [-0.05, 0) is 30.5 Å². The first kappa shape index (κ1) is 12.1. The van der Waals surface area contributed by atoms with Gasteiger partial charge in [-0.3, -0.25) is 0 Å². The molecule has 0 aliphatic rings. The Bertz CT molecular complexity index is 310. The monoisotopic (exact) mass is 320 g/mol. The lowest BCUT2D eigenvalue weighted by molar-refractivity contribution is 0.463. The van der Waals surface area contributed by atoms with Gasteiger partial charge in [0.15, 0.2) is 0 Å². The van der Waals surface area contributed by atoms with E-state index >= 15 is 0 Å². The lowest BCUT2D eigenvalue weighted by Gasteiger charge is -2.14. The second-order valence-corrected chi connectivity index (χ2v) is 5.82. The summed E-state index contributed by atoms with van der Waals surface area (Å²) in [5.41, 5.74) is 0.952. The van der Waals surface area contributed by atoms with E-state index in [0.29, 0.717) is 11.7 Å². The molecule has 1 aromatic carbocycles. The second kappa shape index (κ2) is 5.17. The van der Waals surface area contributed by atoms with Crippen LogP contribution < -0.4 is 0 Å². The van der Waals surface area contributed by atoms with E-state index < -0.39 is 0 Å². The molecule has 0 bridgehead atoms. The first-order valence-electron chi connectivity index (χ1n) is 4.63. The van der Waals surface area contributed by atoms with Crippen molar-refractivity contribution in [2.24, 2.45) is 5.92 Å². The SMILES string of the molecule is CC(C)CC(Br)c1cc(Br)ccc1O. The summed E-state index contributed by atoms with van der Waals surface area (Å²) < 4.78 is 0.999. The Morgan fingerprint density at radius 3 is 2.57 bits per heavy atom. The lowest BCUT2D eigenvalue weighted by atomic mass is 10.0. The Kier molecular flexibility index (Phi) is 4.45. The first-order valence-corrected chi connectivity index (χ1v) is 6.34. The molecule has 0 amide bonds. The molecule has 1 nitrogen and oxygen atoms in total. The summed E-state index contributed by atoms with van der Waals surface area (Å²) in [6.07, 6.45) is 1.02. The fraction of sp³-hybridized carbons (Fsp3) is 0.455. The van der Waals surface area contributed by atoms with Crippen molar-refractivity contribution in [1.82, 2.24) is 0 Å². The number of phenols is 1. The fourth-order valence-electron chi connectivity index (χ4n) is 1.32. The van der Waals surface area contributed by atoms with E-state index in [2.05, 4.69) is 45.7 Å². The number of hydrogen-bond donors (Lipinski definition) is 1. The summed E-state index contributed by atoms with van der Waals surface area (Å²) in [6, 6.07) is 5.51. The fourth-order valence-corrected chi connectivity index (χ4v) is 2.81. The highest BCUT2D eigenvalue weighted by Gasteiger charge is 2.13. The van der Waals surface area contributed by atoms with Crippen LogP contribution in [-0.2, 0) is 0 Å². The van der Waals surface area contributed by atoms with Crippen LogP contribution in [0.3, 0.4) is 0 Å². The number of benzene rings is 1. The van der Waals surface area contributed by atoms with E-state index in [1.165, 1.54) is 0 Å². The topological polar surface area (TPSA) is 20.2 Å². The van der Waals surface area contributed by atoms with Gasteiger partial charge in [-0.25, -0.2) is 0 Å². The molecule has 1 atom stereocenters. The van der Waals surface area contributed by atoms with Gasteiger partial charge in [0.2, 0.25) is 0 Å². The number of alkyl halides is 1. The van der Waals surface area contributed by atoms with Crippen molar-refractivity contribution >= 4 is 31.9 Å². The molecular formula is C11H14Br2O. The zero-order chi connectivity index (χ0) is 10.7. The van der Waals surface area contributed by atoms with Crippen LogP contribution in [0.1, 0.15) is 30.7 Å². The van der Waals surface area contributed by atoms with Crippen LogP contribution in [-0.4, -0.2) is 5.11 Å². The summed E-state index contributed by atoms with van der Waals surface area (Å²) >= 11 is 6.99. The van der Waals surface area contributed by atoms with Gasteiger partial charge in [-0.1, -0.05) is 45.7 Å². The van der Waals surface area contributed by atoms with Crippen molar-refractivity contribution in [3.05, 3.63) is 28.2 Å². The number of phenolic OH excluding ortho intramolecular Hbond substituents is 1. The first-order chi connectivity index (χ1) is 6.50. The van der Waals surface area contributed by atoms with Crippen LogP contribution in [0.2, 0.25) is 0 Å². The van der Waals surface area contributed by atoms with Crippen molar-refractivity contribution < 1.29 is 5.11 Å². The number of aromatic hydroxyl groups is 1. The third-order valence-corrected chi connectivity index (χ3v) is 3.37. The summed E-state index contributed by atoms with van der Waals surface area (Å²) in [4.78, 5) is 0.222. The molecule has 0 saturated carbocycles. The molecule has 0 fully saturated rings. The molecule has 1 rings (SSSR count). The Balaban J connectivity index is 2.88. The Hall–Kier alpha value is -0.0200. The molecule has 14 heavy (non-hydrogen) atoms. The zero-order valence-corrected chi connectivity index (χ0v) is 11.5. The standard InChI is InChI=1S/C11H14Br2O/c1-7(2)5-10(13)9-6-8(12)3-4-11(9)14/h3-4,6-7,10,14H,5H2,1-2H3. The van der Waals surface area contributed by atoms with Crippen molar-refractivity contribution in [2.45, 2.75) is 25.1 Å². The van der Waals surface area contributed by atoms with Gasteiger partial charge in [-0.2, -0.15) is 0 Å². The molecule has 1 unspecified atom stereocenters. The molecule has 0 radical (unpaired) electrons. The van der Waals surface area contributed by atoms with E-state index in [1.807, 2.05) is 12.1 Å². The highest BCUT2D eigenvalue weighted by molar-refractivity contribution is 9.10. The van der Waals surface area contributed by atoms with Gasteiger partial charge in [0.25, 0.3) is 0 Å². The van der Waals surface area contributed by atoms with E-state index in [1.54, 1.807) is 6.07 Å². The van der Waals surface area contributed by atoms with Crippen LogP contribution in [0.4, 0.5) is 0 Å². The molecule has 1 N–H and O–H groups in total. The number of halogens is 2. The van der Waals surface area contributed by atoms with E-state index in [4.69, 9.17) is 0 Å². The van der Waals surface area contributed by atoms with E-state index in [0.717, 1.165) is 16.5 Å². The average Bonchev–Trinajstić information content (AvgIpc) is 2.08. The van der Waals surface area contributed by atoms with Crippen molar-refractivity contribution in [3.8, 4) is 5.75 Å². The third kappa shape index (κ3) is 3.28. The maximum absolute atomic E-state index is 9.67. The van der Waals surface area contributed by atoms with Crippen LogP contribution in [0.5, 0.6) is 5.75 Å². The molecule has 3 heteroatoms. The van der Waals surface area contributed by atoms with E-state index in [-0.39, 0.29) is 4.83 Å². The molecule has 0 spiro atoms. The number of rotatable bonds is 3. The predicted molar refractivity (Wildman–Crippen MR) is 66.9 cm³/mol. The van der Waals surface area contributed by atoms with Crippen LogP contribution in [0.15, 0.2) is 22.7 Å². The van der Waals surface area contributed by atoms with Crippen LogP contribution in [0.25, 0.3) is 0 Å². The Morgan fingerprint density at radius 1 is 1.36 bits per heavy atom. The summed E-state index contributed by atoms with van der Waals surface area (Å²) in [5.74, 6) is 0.966. The Morgan fingerprint density at radius 2 is 2.00 bits per heavy atom. The lowest BCUT2D eigenvalue weighted by Crippen LogP contribution is -1.96. The van der Waals surface area contributed by atoms with E-state index in [9.17, 15) is 5.11 Å². The summed E-state index contributed by atoms with van der Waals surface area (Å²) in [6.45, 7) is 4.34. The van der Waals surface area contributed by atoms with Gasteiger partial charge in [0.05, 0.1) is 0 Å². The van der Waals surface area contributed by atoms with Gasteiger partial charge in [0.1, 0.15) is 5.75 Å². The summed E-state index contributed by atoms with van der Waals surface area (Å²) in [7, 11) is 0. The normalized spacial score (nSPS) is 13.2. The maximum Gasteiger partial charge on any atom is 0.119 e. The van der Waals surface area contributed by atoms with Crippen molar-refractivity contribution in [1.29, 1.82) is 0 Å². The molecular weight excluding hydrogens is 308 g/mol. The minimum Gasteiger partial charge on any atom is -0.508 e. The minimum atomic E-state index is 0.222. The zero-order valence-electron chi connectivity index (χ0n) is 8.30. The average molecular weight is 322 g/mol. The van der Waals surface area contributed by atoms with Gasteiger partial charge in [0, 0.05) is 14.9 Å². The molecule has 0 aromatic heterocycles. The quantitative estimate of drug-likeness (QED) is 0.804. The van der Waals surface area contributed by atoms with Crippen molar-refractivity contribution in [2.75, 3.05) is 0 Å². The van der Waals surface area contributed by atoms with Gasteiger partial charge < -0.3 is 5.11 Å².